The number of fused-ring (bicyclic) bond motifs is 1. The van der Waals surface area contributed by atoms with Crippen LogP contribution in [-0.2, 0) is 29.0 Å². The molecule has 3 rings (SSSR count). The molecule has 5 nitrogen and oxygen atoms in total. The van der Waals surface area contributed by atoms with Crippen molar-refractivity contribution in [1.82, 2.24) is 4.90 Å². The van der Waals surface area contributed by atoms with Crippen LogP contribution in [0.15, 0.2) is 30.3 Å². The predicted octanol–water partition coefficient (Wildman–Crippen LogP) is 0.446. The van der Waals surface area contributed by atoms with Crippen molar-refractivity contribution in [2.75, 3.05) is 19.0 Å². The van der Waals surface area contributed by atoms with Gasteiger partial charge in [-0.25, -0.2) is 4.79 Å². The van der Waals surface area contributed by atoms with Gasteiger partial charge in [0.2, 0.25) is 5.91 Å². The number of carbonyl (C=O) groups is 2. The molecule has 0 unspecified atom stereocenters. The smallest absolute Gasteiger partial charge is 0.341 e. The van der Waals surface area contributed by atoms with Crippen LogP contribution in [0.25, 0.3) is 0 Å². The van der Waals surface area contributed by atoms with Crippen molar-refractivity contribution in [3.05, 3.63) is 51.9 Å². The molecular formula is C19H22ClN2O3S-. The van der Waals surface area contributed by atoms with E-state index in [1.54, 1.807) is 6.92 Å². The van der Waals surface area contributed by atoms with Crippen LogP contribution >= 0.6 is 11.3 Å². The Labute approximate surface area is 163 Å². The molecule has 1 N–H and O–H groups in total. The number of ether oxygens (including phenoxy) is 1. The summed E-state index contributed by atoms with van der Waals surface area (Å²) in [6, 6.07) is 10.4. The Hall–Kier alpha value is -1.89. The van der Waals surface area contributed by atoms with Gasteiger partial charge in [0.05, 0.1) is 12.7 Å². The molecule has 0 saturated carbocycles. The maximum atomic E-state index is 12.2. The Morgan fingerprint density at radius 1 is 1.27 bits per heavy atom. The molecule has 1 aromatic heterocycles. The van der Waals surface area contributed by atoms with Gasteiger partial charge in [-0.05, 0) is 17.5 Å². The first-order valence-electron chi connectivity index (χ1n) is 8.41. The van der Waals surface area contributed by atoms with Crippen molar-refractivity contribution >= 4 is 28.2 Å². The molecule has 1 aromatic carbocycles. The van der Waals surface area contributed by atoms with Crippen LogP contribution in [-0.4, -0.2) is 30.4 Å². The molecule has 1 amide bonds. The number of thiophene rings is 1. The zero-order valence-electron chi connectivity index (χ0n) is 14.9. The molecule has 26 heavy (non-hydrogen) atoms. The Morgan fingerprint density at radius 3 is 2.65 bits per heavy atom. The molecule has 0 fully saturated rings. The van der Waals surface area contributed by atoms with E-state index in [0.717, 1.165) is 36.5 Å². The number of amides is 1. The van der Waals surface area contributed by atoms with Gasteiger partial charge in [-0.2, -0.15) is 0 Å². The molecule has 1 aliphatic heterocycles. The third kappa shape index (κ3) is 4.44. The number of carbonyl (C=O) groups excluding carboxylic acids is 2. The fraction of sp³-hybridized carbons (Fsp3) is 0.368. The minimum atomic E-state index is -0.375. The molecule has 0 saturated heterocycles. The van der Waals surface area contributed by atoms with Crippen LogP contribution in [0.1, 0.15) is 39.7 Å². The van der Waals surface area contributed by atoms with Gasteiger partial charge >= 0.3 is 5.97 Å². The van der Waals surface area contributed by atoms with Crippen molar-refractivity contribution < 1.29 is 26.7 Å². The first kappa shape index (κ1) is 20.4. The van der Waals surface area contributed by atoms with E-state index in [0.29, 0.717) is 17.0 Å². The number of nitrogens with zero attached hydrogens (tertiary/aromatic N) is 1. The largest absolute Gasteiger partial charge is 1.00 e. The Morgan fingerprint density at radius 2 is 2.00 bits per heavy atom. The highest BCUT2D eigenvalue weighted by Crippen LogP contribution is 2.38. The molecule has 0 atom stereocenters. The number of halogens is 1. The summed E-state index contributed by atoms with van der Waals surface area (Å²) in [5.74, 6) is -0.467. The first-order chi connectivity index (χ1) is 12.1. The monoisotopic (exact) mass is 393 g/mol. The molecular weight excluding hydrogens is 372 g/mol. The summed E-state index contributed by atoms with van der Waals surface area (Å²) in [5.41, 5.74) is 2.83. The minimum Gasteiger partial charge on any atom is -1.00 e. The van der Waals surface area contributed by atoms with Crippen molar-refractivity contribution in [1.29, 1.82) is 0 Å². The Kier molecular flexibility index (Phi) is 7.20. The van der Waals surface area contributed by atoms with Gasteiger partial charge in [0, 0.05) is 30.9 Å². The number of benzene rings is 1. The topological polar surface area (TPSA) is 58.6 Å². The van der Waals surface area contributed by atoms with E-state index in [9.17, 15) is 9.59 Å². The molecule has 0 aliphatic carbocycles. The zero-order valence-corrected chi connectivity index (χ0v) is 16.5. The summed E-state index contributed by atoms with van der Waals surface area (Å²) in [5, 5.41) is 3.47. The molecule has 0 bridgehead atoms. The van der Waals surface area contributed by atoms with Crippen LogP contribution in [0.3, 0.4) is 0 Å². The lowest BCUT2D eigenvalue weighted by Crippen LogP contribution is -3.00. The SMILES string of the molecule is CCC(=O)Nc1sc2c(c1C(=O)OC)CCN(Cc1ccccc1)C2.[Cl-]. The Balaban J connectivity index is 0.00000243. The number of hydrogen-bond donors (Lipinski definition) is 1. The highest BCUT2D eigenvalue weighted by Gasteiger charge is 2.29. The third-order valence-electron chi connectivity index (χ3n) is 4.35. The summed E-state index contributed by atoms with van der Waals surface area (Å²) < 4.78 is 4.94. The highest BCUT2D eigenvalue weighted by molar-refractivity contribution is 7.17. The molecule has 2 heterocycles. The van der Waals surface area contributed by atoms with Crippen LogP contribution in [0, 0.1) is 0 Å². The molecule has 1 aliphatic rings. The normalized spacial score (nSPS) is 13.5. The molecule has 0 spiro atoms. The standard InChI is InChI=1S/C19H22N2O3S.ClH/c1-3-16(22)20-18-17(19(23)24-2)14-9-10-21(12-15(14)25-18)11-13-7-5-4-6-8-13;/h4-8H,3,9-12H2,1-2H3,(H,20,22);1H/p-1. The second kappa shape index (κ2) is 9.16. The van der Waals surface area contributed by atoms with Gasteiger partial charge in [-0.15, -0.1) is 11.3 Å². The lowest BCUT2D eigenvalue weighted by atomic mass is 10.0. The fourth-order valence-corrected chi connectivity index (χ4v) is 4.35. The van der Waals surface area contributed by atoms with E-state index in [-0.39, 0.29) is 24.3 Å². The average molecular weight is 394 g/mol. The number of methoxy groups -OCH3 is 1. The molecule has 2 aromatic rings. The van der Waals surface area contributed by atoms with Crippen LogP contribution < -0.4 is 17.7 Å². The first-order valence-corrected chi connectivity index (χ1v) is 9.23. The van der Waals surface area contributed by atoms with Crippen LogP contribution in [0.4, 0.5) is 5.00 Å². The predicted molar refractivity (Wildman–Crippen MR) is 98.8 cm³/mol. The van der Waals surface area contributed by atoms with Crippen LogP contribution in [0.2, 0.25) is 0 Å². The number of esters is 1. The second-order valence-corrected chi connectivity index (χ2v) is 7.15. The quantitative estimate of drug-likeness (QED) is 0.749. The number of hydrogen-bond acceptors (Lipinski definition) is 5. The van der Waals surface area contributed by atoms with Gasteiger partial charge in [-0.3, -0.25) is 9.69 Å². The van der Waals surface area contributed by atoms with Crippen molar-refractivity contribution in [3.63, 3.8) is 0 Å². The van der Waals surface area contributed by atoms with E-state index in [1.165, 1.54) is 24.0 Å². The van der Waals surface area contributed by atoms with Gasteiger partial charge < -0.3 is 22.5 Å². The molecule has 140 valence electrons. The van der Waals surface area contributed by atoms with E-state index < -0.39 is 0 Å². The van der Waals surface area contributed by atoms with Gasteiger partial charge in [0.1, 0.15) is 5.00 Å². The summed E-state index contributed by atoms with van der Waals surface area (Å²) in [7, 11) is 1.38. The van der Waals surface area contributed by atoms with Gasteiger partial charge in [0.25, 0.3) is 0 Å². The molecule has 7 heteroatoms. The second-order valence-electron chi connectivity index (χ2n) is 6.05. The lowest BCUT2D eigenvalue weighted by Gasteiger charge is -2.27. The van der Waals surface area contributed by atoms with E-state index in [4.69, 9.17) is 4.74 Å². The molecule has 0 radical (unpaired) electrons. The Bertz CT molecular complexity index is 777. The highest BCUT2D eigenvalue weighted by atomic mass is 35.5. The van der Waals surface area contributed by atoms with Crippen molar-refractivity contribution in [3.8, 4) is 0 Å². The van der Waals surface area contributed by atoms with E-state index in [2.05, 4.69) is 22.3 Å². The number of nitrogens with one attached hydrogen (secondary N) is 1. The van der Waals surface area contributed by atoms with E-state index in [1.807, 2.05) is 18.2 Å². The van der Waals surface area contributed by atoms with Gasteiger partial charge in [-0.1, -0.05) is 37.3 Å². The number of rotatable bonds is 5. The lowest BCUT2D eigenvalue weighted by molar-refractivity contribution is -0.115. The third-order valence-corrected chi connectivity index (χ3v) is 5.48. The zero-order chi connectivity index (χ0) is 17.8. The maximum Gasteiger partial charge on any atom is 0.341 e. The summed E-state index contributed by atoms with van der Waals surface area (Å²) in [6.45, 7) is 4.33. The fourth-order valence-electron chi connectivity index (χ4n) is 3.05. The average Bonchev–Trinajstić information content (AvgIpc) is 2.98. The number of anilines is 1. The van der Waals surface area contributed by atoms with Gasteiger partial charge in [0.15, 0.2) is 0 Å². The summed E-state index contributed by atoms with van der Waals surface area (Å²) in [4.78, 5) is 27.5. The van der Waals surface area contributed by atoms with Crippen molar-refractivity contribution in [2.45, 2.75) is 32.9 Å². The van der Waals surface area contributed by atoms with Crippen molar-refractivity contribution in [2.24, 2.45) is 0 Å². The van der Waals surface area contributed by atoms with Crippen LogP contribution in [0.5, 0.6) is 0 Å². The maximum absolute atomic E-state index is 12.2. The summed E-state index contributed by atoms with van der Waals surface area (Å²) in [6.07, 6.45) is 1.16. The summed E-state index contributed by atoms with van der Waals surface area (Å²) >= 11 is 1.49. The van der Waals surface area contributed by atoms with E-state index >= 15 is 0 Å². The minimum absolute atomic E-state index is 0.